The van der Waals surface area contributed by atoms with E-state index in [0.29, 0.717) is 6.61 Å². The summed E-state index contributed by atoms with van der Waals surface area (Å²) in [6, 6.07) is 0. The zero-order valence-electron chi connectivity index (χ0n) is 7.28. The molecule has 1 atom stereocenters. The summed E-state index contributed by atoms with van der Waals surface area (Å²) in [7, 11) is 0. The Hall–Kier alpha value is -1.13. The van der Waals surface area contributed by atoms with Crippen molar-refractivity contribution >= 4 is 5.97 Å². The standard InChI is InChI=1S/C7H13NO4/c1-3-12-7(9)4-6(2)5-8(10)11/h6H,3-5H2,1-2H3/t6-/m0/s1. The van der Waals surface area contributed by atoms with Crippen LogP contribution in [0.5, 0.6) is 0 Å². The highest BCUT2D eigenvalue weighted by atomic mass is 16.6. The number of hydrogen-bond acceptors (Lipinski definition) is 4. The maximum Gasteiger partial charge on any atom is 0.306 e. The topological polar surface area (TPSA) is 69.4 Å². The van der Waals surface area contributed by atoms with E-state index in [1.54, 1.807) is 13.8 Å². The van der Waals surface area contributed by atoms with E-state index in [1.807, 2.05) is 0 Å². The molecule has 0 aromatic rings. The number of ether oxygens (including phenoxy) is 1. The van der Waals surface area contributed by atoms with Crippen molar-refractivity contribution in [3.63, 3.8) is 0 Å². The molecule has 0 aliphatic carbocycles. The van der Waals surface area contributed by atoms with Crippen molar-refractivity contribution in [3.05, 3.63) is 10.1 Å². The van der Waals surface area contributed by atoms with Gasteiger partial charge in [-0.15, -0.1) is 0 Å². The summed E-state index contributed by atoms with van der Waals surface area (Å²) < 4.78 is 4.63. The van der Waals surface area contributed by atoms with Gasteiger partial charge in [0.05, 0.1) is 13.0 Å². The van der Waals surface area contributed by atoms with Gasteiger partial charge in [0, 0.05) is 10.8 Å². The van der Waals surface area contributed by atoms with Gasteiger partial charge < -0.3 is 4.74 Å². The molecule has 0 spiro atoms. The SMILES string of the molecule is CCOC(=O)C[C@H](C)C[N+](=O)[O-]. The lowest BCUT2D eigenvalue weighted by atomic mass is 10.1. The Labute approximate surface area is 70.9 Å². The smallest absolute Gasteiger partial charge is 0.306 e. The number of nitrogens with zero attached hydrogens (tertiary/aromatic N) is 1. The van der Waals surface area contributed by atoms with Gasteiger partial charge in [-0.1, -0.05) is 6.92 Å². The van der Waals surface area contributed by atoms with Crippen molar-refractivity contribution in [1.82, 2.24) is 0 Å². The second-order valence-corrected chi connectivity index (χ2v) is 2.63. The predicted molar refractivity (Wildman–Crippen MR) is 42.3 cm³/mol. The molecule has 0 heterocycles. The fourth-order valence-corrected chi connectivity index (χ4v) is 0.823. The Morgan fingerprint density at radius 1 is 1.67 bits per heavy atom. The van der Waals surface area contributed by atoms with Crippen LogP contribution in [0.2, 0.25) is 0 Å². The lowest BCUT2D eigenvalue weighted by Gasteiger charge is -2.04. The fraction of sp³-hybridized carbons (Fsp3) is 0.857. The van der Waals surface area contributed by atoms with Gasteiger partial charge in [-0.25, -0.2) is 0 Å². The van der Waals surface area contributed by atoms with Gasteiger partial charge in [0.1, 0.15) is 0 Å². The molecule has 0 aliphatic rings. The van der Waals surface area contributed by atoms with Crippen LogP contribution >= 0.6 is 0 Å². The molecule has 0 unspecified atom stereocenters. The van der Waals surface area contributed by atoms with E-state index in [4.69, 9.17) is 0 Å². The molecular formula is C7H13NO4. The first-order valence-corrected chi connectivity index (χ1v) is 3.83. The number of carbonyl (C=O) groups excluding carboxylic acids is 1. The van der Waals surface area contributed by atoms with E-state index >= 15 is 0 Å². The summed E-state index contributed by atoms with van der Waals surface area (Å²) in [5.74, 6) is -0.620. The van der Waals surface area contributed by atoms with Crippen LogP contribution in [0.15, 0.2) is 0 Å². The summed E-state index contributed by atoms with van der Waals surface area (Å²) in [5.41, 5.74) is 0. The second-order valence-electron chi connectivity index (χ2n) is 2.63. The molecule has 0 saturated carbocycles. The number of carbonyl (C=O) groups is 1. The van der Waals surface area contributed by atoms with Gasteiger partial charge in [0.25, 0.3) is 0 Å². The Kier molecular flexibility index (Phi) is 4.99. The number of hydrogen-bond donors (Lipinski definition) is 0. The van der Waals surface area contributed by atoms with E-state index in [1.165, 1.54) is 0 Å². The highest BCUT2D eigenvalue weighted by Crippen LogP contribution is 2.03. The molecule has 0 saturated heterocycles. The largest absolute Gasteiger partial charge is 0.466 e. The minimum Gasteiger partial charge on any atom is -0.466 e. The first-order chi connectivity index (χ1) is 5.56. The van der Waals surface area contributed by atoms with E-state index < -0.39 is 4.92 Å². The summed E-state index contributed by atoms with van der Waals surface area (Å²) in [6.07, 6.45) is 0.120. The van der Waals surface area contributed by atoms with Gasteiger partial charge >= 0.3 is 5.97 Å². The summed E-state index contributed by atoms with van der Waals surface area (Å²) in [5, 5.41) is 10.0. The molecule has 70 valence electrons. The van der Waals surface area contributed by atoms with Crippen LogP contribution in [-0.2, 0) is 9.53 Å². The zero-order valence-corrected chi connectivity index (χ0v) is 7.28. The fourth-order valence-electron chi connectivity index (χ4n) is 0.823. The maximum atomic E-state index is 10.8. The number of rotatable bonds is 5. The maximum absolute atomic E-state index is 10.8. The lowest BCUT2D eigenvalue weighted by Crippen LogP contribution is -2.16. The predicted octanol–water partition coefficient (Wildman–Crippen LogP) is 0.852. The van der Waals surface area contributed by atoms with Gasteiger partial charge in [-0.2, -0.15) is 0 Å². The lowest BCUT2D eigenvalue weighted by molar-refractivity contribution is -0.487. The van der Waals surface area contributed by atoms with Crippen molar-refractivity contribution < 1.29 is 14.5 Å². The van der Waals surface area contributed by atoms with Gasteiger partial charge in [0.2, 0.25) is 6.54 Å². The van der Waals surface area contributed by atoms with Gasteiger partial charge in [-0.05, 0) is 6.92 Å². The molecule has 0 fully saturated rings. The second kappa shape index (κ2) is 5.51. The van der Waals surface area contributed by atoms with Crippen LogP contribution in [0.1, 0.15) is 20.3 Å². The number of esters is 1. The Morgan fingerprint density at radius 2 is 2.25 bits per heavy atom. The Morgan fingerprint density at radius 3 is 2.67 bits per heavy atom. The molecule has 0 rings (SSSR count). The van der Waals surface area contributed by atoms with Crippen molar-refractivity contribution in [2.45, 2.75) is 20.3 Å². The van der Waals surface area contributed by atoms with E-state index in [9.17, 15) is 14.9 Å². The van der Waals surface area contributed by atoms with Crippen LogP contribution in [0.4, 0.5) is 0 Å². The monoisotopic (exact) mass is 175 g/mol. The Balaban J connectivity index is 3.61. The summed E-state index contributed by atoms with van der Waals surface area (Å²) >= 11 is 0. The zero-order chi connectivity index (χ0) is 9.56. The van der Waals surface area contributed by atoms with Crippen LogP contribution in [0.3, 0.4) is 0 Å². The molecule has 12 heavy (non-hydrogen) atoms. The van der Waals surface area contributed by atoms with Crippen molar-refractivity contribution in [3.8, 4) is 0 Å². The van der Waals surface area contributed by atoms with E-state index in [2.05, 4.69) is 4.74 Å². The summed E-state index contributed by atoms with van der Waals surface area (Å²) in [4.78, 5) is 20.4. The molecular weight excluding hydrogens is 162 g/mol. The van der Waals surface area contributed by atoms with Crippen molar-refractivity contribution in [2.75, 3.05) is 13.2 Å². The average molecular weight is 175 g/mol. The van der Waals surface area contributed by atoms with Crippen LogP contribution in [-0.4, -0.2) is 24.0 Å². The molecule has 0 aromatic heterocycles. The molecule has 0 aromatic carbocycles. The molecule has 0 aliphatic heterocycles. The molecule has 0 amide bonds. The van der Waals surface area contributed by atoms with Gasteiger partial charge in [-0.3, -0.25) is 14.9 Å². The molecule has 0 radical (unpaired) electrons. The van der Waals surface area contributed by atoms with Gasteiger partial charge in [0.15, 0.2) is 0 Å². The summed E-state index contributed by atoms with van der Waals surface area (Å²) in [6.45, 7) is 3.50. The van der Waals surface area contributed by atoms with Crippen LogP contribution in [0.25, 0.3) is 0 Å². The molecule has 0 N–H and O–H groups in total. The third kappa shape index (κ3) is 5.64. The highest BCUT2D eigenvalue weighted by molar-refractivity contribution is 5.69. The molecule has 5 heteroatoms. The van der Waals surface area contributed by atoms with Crippen molar-refractivity contribution in [1.29, 1.82) is 0 Å². The molecule has 0 bridgehead atoms. The van der Waals surface area contributed by atoms with E-state index in [-0.39, 0.29) is 24.9 Å². The normalized spacial score (nSPS) is 12.2. The minimum atomic E-state index is -0.427. The third-order valence-corrected chi connectivity index (χ3v) is 1.28. The Bertz CT molecular complexity index is 169. The van der Waals surface area contributed by atoms with Crippen LogP contribution < -0.4 is 0 Å². The average Bonchev–Trinajstić information content (AvgIpc) is 1.84. The number of nitro groups is 1. The van der Waals surface area contributed by atoms with Crippen molar-refractivity contribution in [2.24, 2.45) is 5.92 Å². The quantitative estimate of drug-likeness (QED) is 0.353. The van der Waals surface area contributed by atoms with E-state index in [0.717, 1.165) is 0 Å². The van der Waals surface area contributed by atoms with Crippen LogP contribution in [0, 0.1) is 16.0 Å². The minimum absolute atomic E-state index is 0.120. The molecule has 5 nitrogen and oxygen atoms in total. The highest BCUT2D eigenvalue weighted by Gasteiger charge is 2.14. The first-order valence-electron chi connectivity index (χ1n) is 3.83. The first kappa shape index (κ1) is 10.9. The third-order valence-electron chi connectivity index (χ3n) is 1.28.